The van der Waals surface area contributed by atoms with Gasteiger partial charge in [-0.1, -0.05) is 38.2 Å². The molecule has 3 N–H and O–H groups in total. The lowest BCUT2D eigenvalue weighted by atomic mass is 10.1. The van der Waals surface area contributed by atoms with Gasteiger partial charge in [0.15, 0.2) is 0 Å². The van der Waals surface area contributed by atoms with Crippen molar-refractivity contribution in [3.8, 4) is 5.75 Å². The molecule has 104 valence electrons. The van der Waals surface area contributed by atoms with Gasteiger partial charge in [-0.15, -0.1) is 0 Å². The number of hydrogen-bond acceptors (Lipinski definition) is 3. The molecule has 1 rings (SSSR count). The Morgan fingerprint density at radius 2 is 2.11 bits per heavy atom. The Morgan fingerprint density at radius 1 is 1.42 bits per heavy atom. The smallest absolute Gasteiger partial charge is 0.224 e. The first-order valence-electron chi connectivity index (χ1n) is 6.29. The molecule has 0 fully saturated rings. The summed E-state index contributed by atoms with van der Waals surface area (Å²) in [6.45, 7) is 4.34. The minimum atomic E-state index is -0.0138. The van der Waals surface area contributed by atoms with E-state index in [9.17, 15) is 4.79 Å². The fourth-order valence-corrected chi connectivity index (χ4v) is 1.54. The molecule has 0 spiro atoms. The van der Waals surface area contributed by atoms with E-state index in [2.05, 4.69) is 19.2 Å². The lowest BCUT2D eigenvalue weighted by Crippen LogP contribution is -2.19. The second kappa shape index (κ2) is 7.74. The standard InChI is InChI=1S/C14H20N2O2S/c1-10(2)7-8-14(17)16-11-5-3-4-6-12(11)18-9-13(15)19/h3-6,10H,7-9H2,1-2H3,(H2,15,19)(H,16,17). The van der Waals surface area contributed by atoms with Crippen LogP contribution in [0.1, 0.15) is 26.7 Å². The Kier molecular flexibility index (Phi) is 6.29. The molecule has 0 unspecified atom stereocenters. The van der Waals surface area contributed by atoms with Crippen molar-refractivity contribution in [2.45, 2.75) is 26.7 Å². The van der Waals surface area contributed by atoms with E-state index >= 15 is 0 Å². The zero-order valence-corrected chi connectivity index (χ0v) is 12.1. The van der Waals surface area contributed by atoms with E-state index in [0.29, 0.717) is 23.8 Å². The maximum atomic E-state index is 11.8. The predicted octanol–water partition coefficient (Wildman–Crippen LogP) is 2.73. The normalized spacial score (nSPS) is 10.3. The van der Waals surface area contributed by atoms with E-state index < -0.39 is 0 Å². The number of para-hydroxylation sites is 2. The number of nitrogens with one attached hydrogen (secondary N) is 1. The number of rotatable bonds is 7. The monoisotopic (exact) mass is 280 g/mol. The number of thiocarbonyl (C=S) groups is 1. The molecule has 1 amide bonds. The SMILES string of the molecule is CC(C)CCC(=O)Nc1ccccc1OCC(N)=S. The van der Waals surface area contributed by atoms with Crippen molar-refractivity contribution in [1.82, 2.24) is 0 Å². The van der Waals surface area contributed by atoms with E-state index in [1.807, 2.05) is 12.1 Å². The van der Waals surface area contributed by atoms with Crippen molar-refractivity contribution in [2.75, 3.05) is 11.9 Å². The number of nitrogens with two attached hydrogens (primary N) is 1. The lowest BCUT2D eigenvalue weighted by Gasteiger charge is -2.12. The van der Waals surface area contributed by atoms with Crippen LogP contribution in [0.2, 0.25) is 0 Å². The van der Waals surface area contributed by atoms with Crippen LogP contribution in [0, 0.1) is 5.92 Å². The summed E-state index contributed by atoms with van der Waals surface area (Å²) >= 11 is 4.76. The van der Waals surface area contributed by atoms with Gasteiger partial charge in [-0.3, -0.25) is 4.79 Å². The molecule has 0 aliphatic heterocycles. The van der Waals surface area contributed by atoms with Gasteiger partial charge in [-0.25, -0.2) is 0 Å². The third-order valence-corrected chi connectivity index (χ3v) is 2.60. The Bertz CT molecular complexity index is 447. The van der Waals surface area contributed by atoms with Gasteiger partial charge in [0.25, 0.3) is 0 Å². The van der Waals surface area contributed by atoms with Crippen LogP contribution in [0.25, 0.3) is 0 Å². The zero-order chi connectivity index (χ0) is 14.3. The maximum Gasteiger partial charge on any atom is 0.224 e. The predicted molar refractivity (Wildman–Crippen MR) is 81.4 cm³/mol. The average molecular weight is 280 g/mol. The Hall–Kier alpha value is -1.62. The van der Waals surface area contributed by atoms with Gasteiger partial charge in [0.2, 0.25) is 5.91 Å². The summed E-state index contributed by atoms with van der Waals surface area (Å²) in [5.41, 5.74) is 6.04. The van der Waals surface area contributed by atoms with E-state index in [1.165, 1.54) is 0 Å². The number of ether oxygens (including phenoxy) is 1. The molecule has 5 heteroatoms. The third kappa shape index (κ3) is 6.20. The van der Waals surface area contributed by atoms with Gasteiger partial charge < -0.3 is 15.8 Å². The number of hydrogen-bond donors (Lipinski definition) is 2. The molecule has 0 atom stereocenters. The van der Waals surface area contributed by atoms with Crippen LogP contribution in [-0.2, 0) is 4.79 Å². The zero-order valence-electron chi connectivity index (χ0n) is 11.3. The molecular formula is C14H20N2O2S. The molecule has 0 saturated heterocycles. The highest BCUT2D eigenvalue weighted by Gasteiger charge is 2.08. The van der Waals surface area contributed by atoms with E-state index in [-0.39, 0.29) is 17.5 Å². The Morgan fingerprint density at radius 3 is 2.74 bits per heavy atom. The largest absolute Gasteiger partial charge is 0.484 e. The fourth-order valence-electron chi connectivity index (χ4n) is 1.48. The highest BCUT2D eigenvalue weighted by molar-refractivity contribution is 7.80. The first-order valence-corrected chi connectivity index (χ1v) is 6.70. The molecule has 0 aliphatic carbocycles. The van der Waals surface area contributed by atoms with Gasteiger partial charge in [0, 0.05) is 6.42 Å². The molecule has 0 aromatic heterocycles. The minimum Gasteiger partial charge on any atom is -0.484 e. The van der Waals surface area contributed by atoms with Crippen LogP contribution >= 0.6 is 12.2 Å². The number of amides is 1. The number of carbonyl (C=O) groups is 1. The molecule has 1 aromatic carbocycles. The van der Waals surface area contributed by atoms with Crippen molar-refractivity contribution in [1.29, 1.82) is 0 Å². The molecule has 0 saturated carbocycles. The van der Waals surface area contributed by atoms with Crippen molar-refractivity contribution < 1.29 is 9.53 Å². The van der Waals surface area contributed by atoms with Gasteiger partial charge in [0.05, 0.1) is 5.69 Å². The first-order chi connectivity index (χ1) is 8.99. The summed E-state index contributed by atoms with van der Waals surface area (Å²) in [5, 5.41) is 2.84. The highest BCUT2D eigenvalue weighted by Crippen LogP contribution is 2.24. The lowest BCUT2D eigenvalue weighted by molar-refractivity contribution is -0.116. The van der Waals surface area contributed by atoms with Crippen molar-refractivity contribution >= 4 is 28.8 Å². The minimum absolute atomic E-state index is 0.0138. The quantitative estimate of drug-likeness (QED) is 0.754. The molecule has 0 heterocycles. The van der Waals surface area contributed by atoms with Crippen molar-refractivity contribution in [2.24, 2.45) is 11.7 Å². The van der Waals surface area contributed by atoms with Gasteiger partial charge in [0.1, 0.15) is 17.3 Å². The maximum absolute atomic E-state index is 11.8. The summed E-state index contributed by atoms with van der Waals surface area (Å²) in [6, 6.07) is 7.24. The fraction of sp³-hybridized carbons (Fsp3) is 0.429. The topological polar surface area (TPSA) is 64.3 Å². The molecule has 19 heavy (non-hydrogen) atoms. The van der Waals surface area contributed by atoms with Crippen LogP contribution in [0.15, 0.2) is 24.3 Å². The van der Waals surface area contributed by atoms with Crippen LogP contribution in [0.5, 0.6) is 5.75 Å². The van der Waals surface area contributed by atoms with Crippen LogP contribution in [-0.4, -0.2) is 17.5 Å². The molecule has 0 radical (unpaired) electrons. The number of anilines is 1. The molecule has 4 nitrogen and oxygen atoms in total. The molecule has 0 aliphatic rings. The third-order valence-electron chi connectivity index (χ3n) is 2.48. The molecule has 1 aromatic rings. The van der Waals surface area contributed by atoms with Crippen LogP contribution in [0.4, 0.5) is 5.69 Å². The summed E-state index contributed by atoms with van der Waals surface area (Å²) in [6.07, 6.45) is 1.36. The van der Waals surface area contributed by atoms with Crippen LogP contribution < -0.4 is 15.8 Å². The number of benzene rings is 1. The van der Waals surface area contributed by atoms with E-state index in [0.717, 1.165) is 6.42 Å². The average Bonchev–Trinajstić information content (AvgIpc) is 2.35. The Balaban J connectivity index is 2.61. The first kappa shape index (κ1) is 15.4. The van der Waals surface area contributed by atoms with Gasteiger partial charge in [-0.05, 0) is 24.5 Å². The van der Waals surface area contributed by atoms with Gasteiger partial charge >= 0.3 is 0 Å². The van der Waals surface area contributed by atoms with Crippen molar-refractivity contribution in [3.05, 3.63) is 24.3 Å². The number of carbonyl (C=O) groups excluding carboxylic acids is 1. The summed E-state index contributed by atoms with van der Waals surface area (Å²) in [5.74, 6) is 1.07. The van der Waals surface area contributed by atoms with Gasteiger partial charge in [-0.2, -0.15) is 0 Å². The second-order valence-electron chi connectivity index (χ2n) is 4.73. The summed E-state index contributed by atoms with van der Waals surface area (Å²) in [4.78, 5) is 12.1. The van der Waals surface area contributed by atoms with E-state index in [4.69, 9.17) is 22.7 Å². The Labute approximate surface area is 119 Å². The van der Waals surface area contributed by atoms with Crippen LogP contribution in [0.3, 0.4) is 0 Å². The summed E-state index contributed by atoms with van der Waals surface area (Å²) in [7, 11) is 0. The second-order valence-corrected chi connectivity index (χ2v) is 5.26. The summed E-state index contributed by atoms with van der Waals surface area (Å²) < 4.78 is 5.44. The molecular weight excluding hydrogens is 260 g/mol. The van der Waals surface area contributed by atoms with E-state index in [1.54, 1.807) is 12.1 Å². The highest BCUT2D eigenvalue weighted by atomic mass is 32.1. The molecule has 0 bridgehead atoms. The van der Waals surface area contributed by atoms with Crippen molar-refractivity contribution in [3.63, 3.8) is 0 Å².